The van der Waals surface area contributed by atoms with Gasteiger partial charge in [-0.25, -0.2) is 9.37 Å². The molecule has 2 aromatic rings. The smallest absolute Gasteiger partial charge is 0.253 e. The highest BCUT2D eigenvalue weighted by Crippen LogP contribution is 2.29. The summed E-state index contributed by atoms with van der Waals surface area (Å²) in [6, 6.07) is 4.39. The van der Waals surface area contributed by atoms with E-state index in [0.29, 0.717) is 30.0 Å². The number of benzene rings is 1. The number of amides is 1. The molecule has 2 aliphatic heterocycles. The van der Waals surface area contributed by atoms with Crippen molar-refractivity contribution in [1.29, 1.82) is 0 Å². The predicted octanol–water partition coefficient (Wildman–Crippen LogP) is 1.85. The number of aryl methyl sites for hydroxylation is 1. The van der Waals surface area contributed by atoms with Crippen LogP contribution in [-0.2, 0) is 11.8 Å². The lowest BCUT2D eigenvalue weighted by atomic mass is 10.0. The lowest BCUT2D eigenvalue weighted by Gasteiger charge is -2.39. The van der Waals surface area contributed by atoms with Crippen molar-refractivity contribution in [3.8, 4) is 5.75 Å². The maximum Gasteiger partial charge on any atom is 0.253 e. The molecule has 1 unspecified atom stereocenters. The van der Waals surface area contributed by atoms with Crippen LogP contribution in [0.2, 0.25) is 0 Å². The zero-order chi connectivity index (χ0) is 18.3. The Labute approximate surface area is 151 Å². The first-order valence-corrected chi connectivity index (χ1v) is 8.62. The molecule has 0 spiro atoms. The van der Waals surface area contributed by atoms with Gasteiger partial charge in [-0.05, 0) is 31.3 Å². The quantitative estimate of drug-likeness (QED) is 0.824. The maximum atomic E-state index is 13.5. The second kappa shape index (κ2) is 6.57. The molecule has 1 aromatic heterocycles. The molecule has 0 bridgehead atoms. The van der Waals surface area contributed by atoms with Crippen LogP contribution >= 0.6 is 0 Å². The molecule has 0 N–H and O–H groups in total. The van der Waals surface area contributed by atoms with Gasteiger partial charge in [0.05, 0.1) is 11.6 Å². The molecule has 1 saturated heterocycles. The number of halogens is 1. The van der Waals surface area contributed by atoms with Gasteiger partial charge in [0.15, 0.2) is 0 Å². The molecule has 4 rings (SSSR count). The number of hydrogen-bond donors (Lipinski definition) is 0. The summed E-state index contributed by atoms with van der Waals surface area (Å²) in [5.74, 6) is 1.14. The van der Waals surface area contributed by atoms with Crippen LogP contribution in [0, 0.1) is 5.82 Å². The van der Waals surface area contributed by atoms with Crippen LogP contribution in [0.1, 0.15) is 17.4 Å². The van der Waals surface area contributed by atoms with E-state index in [9.17, 15) is 9.18 Å². The second-order valence-corrected chi connectivity index (χ2v) is 6.78. The number of imidazole rings is 1. The van der Waals surface area contributed by atoms with Gasteiger partial charge in [-0.1, -0.05) is 0 Å². The van der Waals surface area contributed by atoms with Crippen LogP contribution in [0.4, 0.5) is 4.39 Å². The molecule has 1 fully saturated rings. The summed E-state index contributed by atoms with van der Waals surface area (Å²) in [5.41, 5.74) is 1.15. The highest BCUT2D eigenvalue weighted by Gasteiger charge is 2.32. The number of fused-ring (bicyclic) bond motifs is 1. The number of ether oxygens (including phenoxy) is 1. The van der Waals surface area contributed by atoms with Crippen LogP contribution < -0.4 is 4.74 Å². The van der Waals surface area contributed by atoms with Gasteiger partial charge in [0.1, 0.15) is 24.0 Å². The minimum absolute atomic E-state index is 0.0440. The van der Waals surface area contributed by atoms with Gasteiger partial charge in [0.25, 0.3) is 5.91 Å². The van der Waals surface area contributed by atoms with Crippen molar-refractivity contribution in [1.82, 2.24) is 19.4 Å². The Kier molecular flexibility index (Phi) is 4.24. The first-order valence-electron chi connectivity index (χ1n) is 8.62. The van der Waals surface area contributed by atoms with Gasteiger partial charge in [-0.15, -0.1) is 0 Å². The van der Waals surface area contributed by atoms with E-state index in [1.807, 2.05) is 29.8 Å². The van der Waals surface area contributed by atoms with Gasteiger partial charge in [-0.3, -0.25) is 9.69 Å². The van der Waals surface area contributed by atoms with E-state index in [-0.39, 0.29) is 24.4 Å². The molecular formula is C19H21FN4O2. The number of aromatic nitrogens is 2. The molecule has 26 heavy (non-hydrogen) atoms. The van der Waals surface area contributed by atoms with Gasteiger partial charge < -0.3 is 14.2 Å². The van der Waals surface area contributed by atoms with Gasteiger partial charge in [-0.2, -0.15) is 0 Å². The van der Waals surface area contributed by atoms with Gasteiger partial charge in [0.2, 0.25) is 0 Å². The highest BCUT2D eigenvalue weighted by atomic mass is 19.1. The van der Waals surface area contributed by atoms with Crippen LogP contribution in [0.15, 0.2) is 36.2 Å². The van der Waals surface area contributed by atoms with Crippen LogP contribution in [0.5, 0.6) is 5.75 Å². The van der Waals surface area contributed by atoms with Crippen molar-refractivity contribution in [3.05, 3.63) is 53.4 Å². The summed E-state index contributed by atoms with van der Waals surface area (Å²) in [4.78, 5) is 21.5. The number of nitrogens with zero attached hydrogens (tertiary/aromatic N) is 4. The van der Waals surface area contributed by atoms with Crippen LogP contribution in [0.25, 0.3) is 6.08 Å². The Balaban J connectivity index is 1.56. The Hall–Kier alpha value is -2.67. The second-order valence-electron chi connectivity index (χ2n) is 6.78. The van der Waals surface area contributed by atoms with E-state index < -0.39 is 0 Å². The Morgan fingerprint density at radius 3 is 2.92 bits per heavy atom. The van der Waals surface area contributed by atoms with E-state index in [1.165, 1.54) is 12.1 Å². The Bertz CT molecular complexity index is 876. The van der Waals surface area contributed by atoms with Crippen molar-refractivity contribution >= 4 is 12.0 Å². The number of hydrogen-bond acceptors (Lipinski definition) is 4. The molecule has 136 valence electrons. The summed E-state index contributed by atoms with van der Waals surface area (Å²) in [6.45, 7) is 2.18. The Morgan fingerprint density at radius 2 is 2.15 bits per heavy atom. The summed E-state index contributed by atoms with van der Waals surface area (Å²) < 4.78 is 21.1. The normalized spacial score (nSPS) is 20.3. The fourth-order valence-corrected chi connectivity index (χ4v) is 3.51. The lowest BCUT2D eigenvalue weighted by molar-refractivity contribution is -0.130. The third-order valence-electron chi connectivity index (χ3n) is 5.05. The first-order chi connectivity index (χ1) is 12.5. The topological polar surface area (TPSA) is 50.6 Å². The number of piperazine rings is 1. The average Bonchev–Trinajstić information content (AvgIpc) is 3.06. The van der Waals surface area contributed by atoms with Crippen molar-refractivity contribution in [2.45, 2.75) is 6.04 Å². The number of carbonyl (C=O) groups excluding carboxylic acids is 1. The summed E-state index contributed by atoms with van der Waals surface area (Å²) in [5, 5.41) is 0. The van der Waals surface area contributed by atoms with Crippen molar-refractivity contribution in [3.63, 3.8) is 0 Å². The highest BCUT2D eigenvalue weighted by molar-refractivity contribution is 5.99. The van der Waals surface area contributed by atoms with Crippen molar-refractivity contribution in [2.24, 2.45) is 7.05 Å². The summed E-state index contributed by atoms with van der Waals surface area (Å²) >= 11 is 0. The fraction of sp³-hybridized carbons (Fsp3) is 0.368. The third-order valence-corrected chi connectivity index (χ3v) is 5.05. The molecule has 1 aromatic carbocycles. The van der Waals surface area contributed by atoms with Crippen LogP contribution in [-0.4, -0.2) is 58.5 Å². The summed E-state index contributed by atoms with van der Waals surface area (Å²) in [7, 11) is 4.00. The minimum atomic E-state index is -0.341. The van der Waals surface area contributed by atoms with Crippen molar-refractivity contribution < 1.29 is 13.9 Å². The molecule has 2 aliphatic rings. The summed E-state index contributed by atoms with van der Waals surface area (Å²) in [6.07, 6.45) is 5.41. The molecule has 7 heteroatoms. The molecule has 6 nitrogen and oxygen atoms in total. The molecule has 0 radical (unpaired) electrons. The Morgan fingerprint density at radius 1 is 1.31 bits per heavy atom. The lowest BCUT2D eigenvalue weighted by Crippen LogP contribution is -2.50. The number of likely N-dealkylation sites (N-methyl/N-ethyl adjacent to an activating group) is 1. The molecule has 1 atom stereocenters. The largest absolute Gasteiger partial charge is 0.488 e. The molecular weight excluding hydrogens is 335 g/mol. The third kappa shape index (κ3) is 2.99. The zero-order valence-corrected chi connectivity index (χ0v) is 14.9. The number of carbonyl (C=O) groups is 1. The maximum absolute atomic E-state index is 13.5. The molecule has 0 aliphatic carbocycles. The fourth-order valence-electron chi connectivity index (χ4n) is 3.51. The molecule has 3 heterocycles. The number of rotatable bonds is 2. The average molecular weight is 356 g/mol. The van der Waals surface area contributed by atoms with E-state index in [0.717, 1.165) is 12.4 Å². The monoisotopic (exact) mass is 356 g/mol. The molecule has 0 saturated carbocycles. The SMILES string of the molecule is CN1CCN(C(=O)C2=Cc3cc(F)ccc3OC2)CC1c1nccn1C. The van der Waals surface area contributed by atoms with E-state index >= 15 is 0 Å². The standard InChI is InChI=1S/C19H21FN4O2/c1-22-7-8-24(11-16(22)18-21-5-6-23(18)2)19(25)14-9-13-10-15(20)3-4-17(13)26-12-14/h3-6,9-10,16H,7-8,11-12H2,1-2H3. The molecule has 1 amide bonds. The first kappa shape index (κ1) is 16.8. The predicted molar refractivity (Wildman–Crippen MR) is 95.0 cm³/mol. The van der Waals surface area contributed by atoms with E-state index in [1.54, 1.807) is 18.3 Å². The zero-order valence-electron chi connectivity index (χ0n) is 14.9. The van der Waals surface area contributed by atoms with Gasteiger partial charge >= 0.3 is 0 Å². The van der Waals surface area contributed by atoms with Gasteiger partial charge in [0, 0.05) is 44.6 Å². The van der Waals surface area contributed by atoms with E-state index in [4.69, 9.17) is 4.74 Å². The van der Waals surface area contributed by atoms with Crippen LogP contribution in [0.3, 0.4) is 0 Å². The van der Waals surface area contributed by atoms with Crippen molar-refractivity contribution in [2.75, 3.05) is 33.3 Å². The minimum Gasteiger partial charge on any atom is -0.488 e. The van der Waals surface area contributed by atoms with E-state index in [2.05, 4.69) is 9.88 Å².